The van der Waals surface area contributed by atoms with Crippen molar-refractivity contribution in [2.75, 3.05) is 18.4 Å². The Morgan fingerprint density at radius 1 is 1.04 bits per heavy atom. The molecule has 28 heavy (non-hydrogen) atoms. The maximum absolute atomic E-state index is 12.7. The van der Waals surface area contributed by atoms with Gasteiger partial charge >= 0.3 is 6.03 Å². The molecule has 1 aliphatic rings. The van der Waals surface area contributed by atoms with E-state index < -0.39 is 0 Å². The lowest BCUT2D eigenvalue weighted by Crippen LogP contribution is -2.40. The fourth-order valence-electron chi connectivity index (χ4n) is 3.33. The summed E-state index contributed by atoms with van der Waals surface area (Å²) in [5.74, 6) is -0.372. The van der Waals surface area contributed by atoms with Crippen molar-refractivity contribution >= 4 is 28.4 Å². The molecular weight excluding hydrogens is 358 g/mol. The number of hydrogen-bond acceptors (Lipinski definition) is 4. The van der Waals surface area contributed by atoms with Crippen LogP contribution in [0.4, 0.5) is 10.5 Å². The van der Waals surface area contributed by atoms with E-state index in [2.05, 4.69) is 20.8 Å². The number of carbonyl (C=O) groups excluding carboxylic acids is 2. The summed E-state index contributed by atoms with van der Waals surface area (Å²) < 4.78 is 0. The number of nitrogens with one attached hydrogen (secondary N) is 3. The monoisotopic (exact) mass is 377 g/mol. The second-order valence-electron chi connectivity index (χ2n) is 6.65. The number of fused-ring (bicyclic) bond motifs is 1. The van der Waals surface area contributed by atoms with E-state index in [9.17, 15) is 14.4 Å². The Morgan fingerprint density at radius 2 is 1.75 bits per heavy atom. The average Bonchev–Trinajstić information content (AvgIpc) is 3.18. The summed E-state index contributed by atoms with van der Waals surface area (Å²) in [6.45, 7) is 0.953. The first-order valence-corrected chi connectivity index (χ1v) is 9.01. The third-order valence-corrected chi connectivity index (χ3v) is 4.75. The van der Waals surface area contributed by atoms with E-state index in [1.165, 1.54) is 0 Å². The molecule has 3 aromatic rings. The molecular formula is C20H19N5O3. The van der Waals surface area contributed by atoms with Gasteiger partial charge in [0.2, 0.25) is 0 Å². The zero-order chi connectivity index (χ0) is 19.5. The normalized spacial score (nSPS) is 16.1. The third kappa shape index (κ3) is 3.57. The number of para-hydroxylation sites is 1. The van der Waals surface area contributed by atoms with Crippen LogP contribution >= 0.6 is 0 Å². The highest BCUT2D eigenvalue weighted by atomic mass is 16.2. The molecule has 8 nitrogen and oxygen atoms in total. The molecule has 1 unspecified atom stereocenters. The fourth-order valence-corrected chi connectivity index (χ4v) is 3.33. The van der Waals surface area contributed by atoms with Crippen LogP contribution in [0, 0.1) is 0 Å². The van der Waals surface area contributed by atoms with Crippen LogP contribution in [0.3, 0.4) is 0 Å². The third-order valence-electron chi connectivity index (χ3n) is 4.75. The number of likely N-dealkylation sites (tertiary alicyclic amines) is 1. The summed E-state index contributed by atoms with van der Waals surface area (Å²) in [4.78, 5) is 38.6. The van der Waals surface area contributed by atoms with Crippen LogP contribution in [0.1, 0.15) is 16.9 Å². The largest absolute Gasteiger partial charge is 0.346 e. The lowest BCUT2D eigenvalue weighted by molar-refractivity contribution is 0.0934. The van der Waals surface area contributed by atoms with Gasteiger partial charge in [-0.05, 0) is 24.6 Å². The van der Waals surface area contributed by atoms with Crippen LogP contribution in [-0.4, -0.2) is 46.2 Å². The lowest BCUT2D eigenvalue weighted by atomic mass is 10.1. The minimum absolute atomic E-state index is 0.169. The first-order valence-electron chi connectivity index (χ1n) is 9.01. The van der Waals surface area contributed by atoms with Crippen molar-refractivity contribution in [3.8, 4) is 0 Å². The van der Waals surface area contributed by atoms with E-state index in [1.807, 2.05) is 30.3 Å². The number of benzene rings is 2. The molecule has 0 radical (unpaired) electrons. The predicted octanol–water partition coefficient (Wildman–Crippen LogP) is 1.96. The number of nitrogens with zero attached hydrogens (tertiary/aromatic N) is 2. The highest BCUT2D eigenvalue weighted by molar-refractivity contribution is 6.04. The fraction of sp³-hybridized carbons (Fsp3) is 0.200. The minimum atomic E-state index is -0.372. The Balaban J connectivity index is 1.42. The first kappa shape index (κ1) is 17.7. The maximum atomic E-state index is 12.7. The molecule has 142 valence electrons. The van der Waals surface area contributed by atoms with E-state index >= 15 is 0 Å². The Hall–Kier alpha value is -3.68. The van der Waals surface area contributed by atoms with Crippen molar-refractivity contribution in [2.45, 2.75) is 12.5 Å². The Labute approximate surface area is 160 Å². The summed E-state index contributed by atoms with van der Waals surface area (Å²) in [6, 6.07) is 15.7. The summed E-state index contributed by atoms with van der Waals surface area (Å²) in [5, 5.41) is 12.9. The zero-order valence-corrected chi connectivity index (χ0v) is 15.0. The standard InChI is InChI=1S/C20H19N5O3/c26-18-16-9-5-4-8-15(16)17(23-24-18)19(27)21-14-10-11-25(12-14)20(28)22-13-6-2-1-3-7-13/h1-9,14H,10-12H2,(H,21,27)(H,22,28)(H,24,26). The molecule has 1 fully saturated rings. The average molecular weight is 377 g/mol. The van der Waals surface area contributed by atoms with Crippen LogP contribution in [-0.2, 0) is 0 Å². The van der Waals surface area contributed by atoms with Gasteiger partial charge in [-0.2, -0.15) is 5.10 Å². The number of aromatic nitrogens is 2. The van der Waals surface area contributed by atoms with Crippen molar-refractivity contribution < 1.29 is 9.59 Å². The number of amides is 3. The second-order valence-corrected chi connectivity index (χ2v) is 6.65. The molecule has 1 atom stereocenters. The van der Waals surface area contributed by atoms with Crippen molar-refractivity contribution in [2.24, 2.45) is 0 Å². The molecule has 8 heteroatoms. The van der Waals surface area contributed by atoms with Gasteiger partial charge in [-0.3, -0.25) is 9.59 Å². The second kappa shape index (κ2) is 7.51. The van der Waals surface area contributed by atoms with E-state index in [0.29, 0.717) is 30.3 Å². The molecule has 2 aromatic carbocycles. The summed E-state index contributed by atoms with van der Waals surface area (Å²) >= 11 is 0. The molecule has 1 aromatic heterocycles. The van der Waals surface area contributed by atoms with Gasteiger partial charge in [-0.15, -0.1) is 0 Å². The molecule has 0 saturated carbocycles. The molecule has 3 N–H and O–H groups in total. The van der Waals surface area contributed by atoms with Crippen molar-refractivity contribution in [1.82, 2.24) is 20.4 Å². The Kier molecular flexibility index (Phi) is 4.76. The van der Waals surface area contributed by atoms with E-state index in [4.69, 9.17) is 0 Å². The van der Waals surface area contributed by atoms with Crippen molar-refractivity contribution in [3.63, 3.8) is 0 Å². The van der Waals surface area contributed by atoms with Crippen LogP contribution < -0.4 is 16.2 Å². The molecule has 1 saturated heterocycles. The van der Waals surface area contributed by atoms with Crippen molar-refractivity contribution in [1.29, 1.82) is 0 Å². The molecule has 4 rings (SSSR count). The number of urea groups is 1. The summed E-state index contributed by atoms with van der Waals surface area (Å²) in [6.07, 6.45) is 0.648. The SMILES string of the molecule is O=C(NC1CCN(C(=O)Nc2ccccc2)C1)c1n[nH]c(=O)c2ccccc12. The highest BCUT2D eigenvalue weighted by Gasteiger charge is 2.28. The predicted molar refractivity (Wildman–Crippen MR) is 105 cm³/mol. The minimum Gasteiger partial charge on any atom is -0.346 e. The molecule has 2 heterocycles. The van der Waals surface area contributed by atoms with E-state index in [1.54, 1.807) is 29.2 Å². The zero-order valence-electron chi connectivity index (χ0n) is 15.0. The smallest absolute Gasteiger partial charge is 0.321 e. The van der Waals surface area contributed by atoms with Crippen LogP contribution in [0.25, 0.3) is 10.8 Å². The number of H-pyrrole nitrogens is 1. The molecule has 1 aliphatic heterocycles. The van der Waals surface area contributed by atoms with Crippen LogP contribution in [0.5, 0.6) is 0 Å². The van der Waals surface area contributed by atoms with Gasteiger partial charge in [0, 0.05) is 30.2 Å². The van der Waals surface area contributed by atoms with Gasteiger partial charge < -0.3 is 15.5 Å². The molecule has 0 bridgehead atoms. The molecule has 3 amide bonds. The quantitative estimate of drug-likeness (QED) is 0.648. The number of hydrogen-bond donors (Lipinski definition) is 3. The van der Waals surface area contributed by atoms with E-state index in [0.717, 1.165) is 5.69 Å². The van der Waals surface area contributed by atoms with E-state index in [-0.39, 0.29) is 29.2 Å². The summed E-state index contributed by atoms with van der Waals surface area (Å²) in [7, 11) is 0. The van der Waals surface area contributed by atoms with Gasteiger partial charge in [0.1, 0.15) is 0 Å². The molecule has 0 aliphatic carbocycles. The maximum Gasteiger partial charge on any atom is 0.321 e. The number of rotatable bonds is 3. The Morgan fingerprint density at radius 3 is 2.54 bits per heavy atom. The van der Waals surface area contributed by atoms with Gasteiger partial charge in [0.15, 0.2) is 5.69 Å². The van der Waals surface area contributed by atoms with Crippen LogP contribution in [0.2, 0.25) is 0 Å². The van der Waals surface area contributed by atoms with Crippen molar-refractivity contribution in [3.05, 3.63) is 70.6 Å². The highest BCUT2D eigenvalue weighted by Crippen LogP contribution is 2.15. The topological polar surface area (TPSA) is 107 Å². The number of carbonyl (C=O) groups is 2. The van der Waals surface area contributed by atoms with Gasteiger partial charge in [-0.1, -0.05) is 36.4 Å². The van der Waals surface area contributed by atoms with Crippen LogP contribution in [0.15, 0.2) is 59.4 Å². The number of aromatic amines is 1. The lowest BCUT2D eigenvalue weighted by Gasteiger charge is -2.18. The number of anilines is 1. The Bertz CT molecular complexity index is 1080. The molecule has 0 spiro atoms. The summed E-state index contributed by atoms with van der Waals surface area (Å²) in [5.41, 5.74) is 0.558. The first-order chi connectivity index (χ1) is 13.6. The van der Waals surface area contributed by atoms with Gasteiger partial charge in [-0.25, -0.2) is 9.89 Å². The van der Waals surface area contributed by atoms with Gasteiger partial charge in [0.25, 0.3) is 11.5 Å². The van der Waals surface area contributed by atoms with Gasteiger partial charge in [0.05, 0.1) is 5.39 Å².